The third-order valence-corrected chi connectivity index (χ3v) is 19.6. The zero-order chi connectivity index (χ0) is 77.7. The van der Waals surface area contributed by atoms with Crippen molar-refractivity contribution in [2.75, 3.05) is 114 Å². The van der Waals surface area contributed by atoms with Gasteiger partial charge in [-0.25, -0.2) is 59.8 Å². The van der Waals surface area contributed by atoms with Gasteiger partial charge in [0.1, 0.15) is 45.2 Å². The monoisotopic (exact) mass is 1580 g/mol. The van der Waals surface area contributed by atoms with Gasteiger partial charge >= 0.3 is 0 Å². The third kappa shape index (κ3) is 11.2. The lowest BCUT2D eigenvalue weighted by Crippen LogP contribution is -2.01. The molecule has 0 unspecified atom stereocenters. The molecule has 8 aromatic carbocycles. The van der Waals surface area contributed by atoms with Gasteiger partial charge < -0.3 is 95.7 Å². The first-order chi connectivity index (χ1) is 54.8. The van der Waals surface area contributed by atoms with Crippen molar-refractivity contribution in [1.29, 1.82) is 0 Å². The van der Waals surface area contributed by atoms with E-state index < -0.39 is 0 Å². The highest BCUT2D eigenvalue weighted by atomic mass is 35.5. The Kier molecular flexibility index (Phi) is 19.8. The number of hydrogen-bond donors (Lipinski definition) is 4. The number of nitrogens with zero attached hydrogens (tertiary/aromatic N) is 12. The number of benzene rings is 8. The number of aromatic amines is 4. The van der Waals surface area contributed by atoms with E-state index >= 15 is 0 Å². The van der Waals surface area contributed by atoms with Crippen molar-refractivity contribution in [2.24, 2.45) is 0 Å². The molecule has 6 aromatic heterocycles. The maximum atomic E-state index is 6.03. The molecule has 34 heteroatoms. The molecule has 16 bridgehead atoms. The molecular weight excluding hydrogens is 1510 g/mol. The largest absolute Gasteiger partial charge is 0.492 e. The fourth-order valence-electron chi connectivity index (χ4n) is 15.0. The summed E-state index contributed by atoms with van der Waals surface area (Å²) in [7, 11) is 24.3. The fourth-order valence-corrected chi connectivity index (χ4v) is 15.0. The Hall–Kier alpha value is -14.1. The van der Waals surface area contributed by atoms with Crippen LogP contribution in [0.1, 0.15) is 0 Å². The molecule has 14 aromatic rings. The van der Waals surface area contributed by atoms with E-state index in [1.165, 1.54) is 114 Å². The van der Waals surface area contributed by atoms with Crippen molar-refractivity contribution in [3.8, 4) is 183 Å². The highest BCUT2D eigenvalue weighted by Gasteiger charge is 2.39. The molecule has 114 heavy (non-hydrogen) atoms. The number of H-pyrrole nitrogens is 4. The molecule has 0 amide bonds. The van der Waals surface area contributed by atoms with Gasteiger partial charge in [-0.15, -0.1) is 24.8 Å². The summed E-state index contributed by atoms with van der Waals surface area (Å²) in [5.41, 5.74) is 8.25. The summed E-state index contributed by atoms with van der Waals surface area (Å²) >= 11 is 0. The van der Waals surface area contributed by atoms with Gasteiger partial charge in [0.05, 0.1) is 158 Å². The second kappa shape index (κ2) is 29.9. The molecule has 0 aliphatic carbocycles. The topological polar surface area (TPSA) is 366 Å². The average molecular weight is 1580 g/mol. The minimum absolute atomic E-state index is 0. The molecule has 4 aliphatic rings. The van der Waals surface area contributed by atoms with Crippen LogP contribution in [0.5, 0.6) is 92.0 Å². The SMILES string of the molecule is COc1c(OC)c(OC)c2c(c1OC)-c1nc-2nc2[nH]c(nc3nc(nc4[nH]c(n1)c1ccccc41)-c1ccccc1-3)c1c(OC)c(OC)c(OC)c(OC)c21.COc1c(OC)c(OC)c2c(c1OC)-c1nc-2nc2[nH]c(nc3nc(nc4[nH]c(n1)c1ccccc41)-c1ccccc1-3)c1c(OC)c(OC)c(OC)c(OC)c21.Cl.Cl. The number of halogens is 2. The van der Waals surface area contributed by atoms with Gasteiger partial charge in [0.2, 0.25) is 46.0 Å². The summed E-state index contributed by atoms with van der Waals surface area (Å²) in [6.45, 7) is 0. The van der Waals surface area contributed by atoms with Gasteiger partial charge in [0.25, 0.3) is 0 Å². The van der Waals surface area contributed by atoms with Crippen LogP contribution in [0.25, 0.3) is 179 Å². The summed E-state index contributed by atoms with van der Waals surface area (Å²) in [4.78, 5) is 74.8. The molecule has 0 radical (unpaired) electrons. The van der Waals surface area contributed by atoms with Crippen LogP contribution in [0.3, 0.4) is 0 Å². The van der Waals surface area contributed by atoms with Crippen molar-refractivity contribution in [1.82, 2.24) is 79.7 Å². The first-order valence-corrected chi connectivity index (χ1v) is 34.5. The Labute approximate surface area is 659 Å². The lowest BCUT2D eigenvalue weighted by atomic mass is 10.0. The van der Waals surface area contributed by atoms with E-state index in [-0.39, 0.29) is 93.9 Å². The third-order valence-electron chi connectivity index (χ3n) is 19.6. The van der Waals surface area contributed by atoms with Gasteiger partial charge in [0.15, 0.2) is 92.6 Å². The zero-order valence-corrected chi connectivity index (χ0v) is 65.6. The maximum Gasteiger partial charge on any atom is 0.208 e. The van der Waals surface area contributed by atoms with Crippen molar-refractivity contribution >= 4 is 113 Å². The second-order valence-corrected chi connectivity index (χ2v) is 24.9. The first kappa shape index (κ1) is 75.3. The molecule has 0 spiro atoms. The Morgan fingerprint density at radius 3 is 0.544 bits per heavy atom. The Morgan fingerprint density at radius 2 is 0.333 bits per heavy atom. The number of hydrogen-bond acceptors (Lipinski definition) is 28. The van der Waals surface area contributed by atoms with Crippen molar-refractivity contribution in [2.45, 2.75) is 0 Å². The molecule has 4 aliphatic heterocycles. The standard InChI is InChI=1S/2C40H34N8O8.2ClH/c2*1-49-25-21-23(27(51-3)31(55-7)29(25)53-5)39-46-37(21)44-35-19-15-11-9-13-17(19)33(42-35)41-34-18-14-10-12-16-20(18)36(43-34)45-38-22-24(40(47-38)48-39)28(52-4)32(56-8)30(54-6)26(22)50-2;;/h2*9-16H,1-8H3,(H2,41,42,43,44,45,46,47,48);2*1H. The van der Waals surface area contributed by atoms with Crippen LogP contribution in [0.4, 0.5) is 0 Å². The van der Waals surface area contributed by atoms with Crippen LogP contribution in [0.2, 0.25) is 0 Å². The van der Waals surface area contributed by atoms with Crippen LogP contribution in [0, 0.1) is 0 Å². The number of aromatic nitrogens is 16. The quantitative estimate of drug-likeness (QED) is 0.0698. The molecule has 18 rings (SSSR count). The predicted molar refractivity (Wildman–Crippen MR) is 431 cm³/mol. The smallest absolute Gasteiger partial charge is 0.208 e. The Balaban J connectivity index is 0.000000177. The van der Waals surface area contributed by atoms with Gasteiger partial charge in [-0.2, -0.15) is 0 Å². The maximum absolute atomic E-state index is 6.03. The summed E-state index contributed by atoms with van der Waals surface area (Å²) in [5.74, 6) is 7.34. The van der Waals surface area contributed by atoms with Gasteiger partial charge in [-0.3, -0.25) is 0 Å². The molecule has 0 fully saturated rings. The van der Waals surface area contributed by atoms with Gasteiger partial charge in [-0.05, 0) is 0 Å². The summed E-state index contributed by atoms with van der Waals surface area (Å²) < 4.78 is 95.0. The molecule has 0 saturated heterocycles. The molecule has 0 saturated carbocycles. The summed E-state index contributed by atoms with van der Waals surface area (Å²) in [6, 6.07) is 31.1. The number of nitrogens with one attached hydrogen (secondary N) is 4. The predicted octanol–water partition coefficient (Wildman–Crippen LogP) is 14.7. The molecule has 32 nitrogen and oxygen atoms in total. The number of rotatable bonds is 16. The summed E-state index contributed by atoms with van der Waals surface area (Å²) in [6.07, 6.45) is 0. The normalized spacial score (nSPS) is 11.4. The highest BCUT2D eigenvalue weighted by Crippen LogP contribution is 2.61. The van der Waals surface area contributed by atoms with Crippen LogP contribution < -0.4 is 75.8 Å². The Morgan fingerprint density at radius 1 is 0.175 bits per heavy atom. The van der Waals surface area contributed by atoms with Crippen molar-refractivity contribution in [3.05, 3.63) is 97.1 Å². The first-order valence-electron chi connectivity index (χ1n) is 34.5. The molecular formula is C80H70Cl2N16O16. The highest BCUT2D eigenvalue weighted by molar-refractivity contribution is 6.17. The number of fused-ring (bicyclic) bond motifs is 40. The average Bonchev–Trinajstić information content (AvgIpc) is 1.57. The van der Waals surface area contributed by atoms with Crippen LogP contribution in [-0.2, 0) is 0 Å². The lowest BCUT2D eigenvalue weighted by molar-refractivity contribution is 0.307. The van der Waals surface area contributed by atoms with Crippen LogP contribution >= 0.6 is 24.8 Å². The molecule has 0 atom stereocenters. The molecule has 580 valence electrons. The second-order valence-electron chi connectivity index (χ2n) is 24.9. The lowest BCUT2D eigenvalue weighted by Gasteiger charge is -2.19. The van der Waals surface area contributed by atoms with E-state index in [2.05, 4.69) is 19.9 Å². The van der Waals surface area contributed by atoms with Crippen LogP contribution in [-0.4, -0.2) is 194 Å². The zero-order valence-electron chi connectivity index (χ0n) is 64.0. The fraction of sp³-hybridized carbons (Fsp3) is 0.200. The van der Waals surface area contributed by atoms with E-state index in [9.17, 15) is 0 Å². The van der Waals surface area contributed by atoms with Crippen LogP contribution in [0.15, 0.2) is 97.1 Å². The minimum Gasteiger partial charge on any atom is -0.492 e. The Bertz CT molecular complexity index is 6300. The van der Waals surface area contributed by atoms with E-state index in [1.807, 2.05) is 97.1 Å². The molecule has 10 heterocycles. The van der Waals surface area contributed by atoms with Gasteiger partial charge in [-0.1, -0.05) is 97.1 Å². The van der Waals surface area contributed by atoms with E-state index in [1.54, 1.807) is 0 Å². The minimum atomic E-state index is 0. The number of ether oxygens (including phenoxy) is 16. The van der Waals surface area contributed by atoms with E-state index in [0.29, 0.717) is 158 Å². The molecule has 4 N–H and O–H groups in total. The number of methoxy groups -OCH3 is 16. The van der Waals surface area contributed by atoms with E-state index in [0.717, 1.165) is 43.8 Å². The summed E-state index contributed by atoms with van der Waals surface area (Å²) in [5, 5.41) is 5.15. The van der Waals surface area contributed by atoms with Crippen molar-refractivity contribution in [3.63, 3.8) is 0 Å². The van der Waals surface area contributed by atoms with Gasteiger partial charge in [0, 0.05) is 43.8 Å². The van der Waals surface area contributed by atoms with E-state index in [4.69, 9.17) is 136 Å². The van der Waals surface area contributed by atoms with Crippen molar-refractivity contribution < 1.29 is 75.8 Å².